The normalized spacial score (nSPS) is 18.5. The molecule has 0 aromatic heterocycles. The van der Waals surface area contributed by atoms with E-state index in [0.29, 0.717) is 6.61 Å². The van der Waals surface area contributed by atoms with Gasteiger partial charge in [0.1, 0.15) is 6.10 Å². The number of benzene rings is 3. The molecule has 3 aromatic carbocycles. The van der Waals surface area contributed by atoms with Crippen LogP contribution >= 0.6 is 0 Å². The van der Waals surface area contributed by atoms with Crippen LogP contribution < -0.4 is 15.6 Å². The molecule has 26 heavy (non-hydrogen) atoms. The minimum absolute atomic E-state index is 0.0792. The lowest BCUT2D eigenvalue weighted by Gasteiger charge is -2.33. The lowest BCUT2D eigenvalue weighted by Crippen LogP contribution is -2.69. The molecule has 2 nitrogen and oxygen atoms in total. The number of rotatable bonds is 6. The maximum atomic E-state index is 6.86. The third-order valence-corrected chi connectivity index (χ3v) is 9.20. The van der Waals surface area contributed by atoms with Gasteiger partial charge in [-0.05, 0) is 29.4 Å². The van der Waals surface area contributed by atoms with E-state index in [1.807, 2.05) is 0 Å². The van der Waals surface area contributed by atoms with Crippen LogP contribution in [0.5, 0.6) is 0 Å². The Labute approximate surface area is 156 Å². The zero-order valence-electron chi connectivity index (χ0n) is 15.3. The van der Waals surface area contributed by atoms with Crippen molar-refractivity contribution >= 4 is 23.9 Å². The van der Waals surface area contributed by atoms with Crippen LogP contribution in [0.4, 0.5) is 0 Å². The van der Waals surface area contributed by atoms with Crippen molar-refractivity contribution in [1.29, 1.82) is 0 Å². The van der Waals surface area contributed by atoms with E-state index in [9.17, 15) is 0 Å². The molecule has 0 radical (unpaired) electrons. The summed E-state index contributed by atoms with van der Waals surface area (Å²) in [6.45, 7) is 4.85. The van der Waals surface area contributed by atoms with Crippen LogP contribution in [0.25, 0.3) is 0 Å². The fourth-order valence-electron chi connectivity index (χ4n) is 3.54. The first-order chi connectivity index (χ1) is 12.6. The van der Waals surface area contributed by atoms with Gasteiger partial charge < -0.3 is 9.16 Å². The predicted molar refractivity (Wildman–Crippen MR) is 109 cm³/mol. The molecule has 0 bridgehead atoms. The molecule has 3 aromatic rings. The van der Waals surface area contributed by atoms with E-state index in [2.05, 4.69) is 105 Å². The largest absolute Gasteiger partial charge is 0.401 e. The molecule has 0 spiro atoms. The highest BCUT2D eigenvalue weighted by molar-refractivity contribution is 7.07. The van der Waals surface area contributed by atoms with Gasteiger partial charge in [-0.2, -0.15) is 0 Å². The molecule has 132 valence electrons. The molecule has 1 fully saturated rings. The maximum Gasteiger partial charge on any atom is 0.288 e. The summed E-state index contributed by atoms with van der Waals surface area (Å²) >= 11 is 0. The Morgan fingerprint density at radius 3 is 1.38 bits per heavy atom. The highest BCUT2D eigenvalue weighted by atomic mass is 28.4. The van der Waals surface area contributed by atoms with Crippen LogP contribution in [0.2, 0.25) is 0 Å². The lowest BCUT2D eigenvalue weighted by molar-refractivity contribution is 0.256. The minimum atomic E-state index is -2.59. The molecule has 1 heterocycles. The van der Waals surface area contributed by atoms with Crippen LogP contribution in [0, 0.1) is 0 Å². The number of ether oxygens (including phenoxy) is 1. The fourth-order valence-corrected chi connectivity index (χ4v) is 7.42. The summed E-state index contributed by atoms with van der Waals surface area (Å²) in [5.74, 6) is 0. The van der Waals surface area contributed by atoms with Gasteiger partial charge in [-0.3, -0.25) is 0 Å². The topological polar surface area (TPSA) is 21.8 Å². The molecule has 1 aliphatic heterocycles. The lowest BCUT2D eigenvalue weighted by atomic mass is 10.1. The Morgan fingerprint density at radius 1 is 0.731 bits per heavy atom. The van der Waals surface area contributed by atoms with E-state index in [0.717, 1.165) is 0 Å². The predicted octanol–water partition coefficient (Wildman–Crippen LogP) is 2.85. The van der Waals surface area contributed by atoms with E-state index in [4.69, 9.17) is 9.16 Å². The first kappa shape index (κ1) is 17.2. The van der Waals surface area contributed by atoms with Crippen molar-refractivity contribution in [3.63, 3.8) is 0 Å². The molecule has 0 saturated carbocycles. The summed E-state index contributed by atoms with van der Waals surface area (Å²) in [6.07, 6.45) is 0.158. The molecule has 1 aliphatic rings. The van der Waals surface area contributed by atoms with Gasteiger partial charge in [0.2, 0.25) is 0 Å². The summed E-state index contributed by atoms with van der Waals surface area (Å²) in [5, 5.41) is 3.78. The molecule has 4 rings (SSSR count). The Morgan fingerprint density at radius 2 is 1.08 bits per heavy atom. The van der Waals surface area contributed by atoms with Gasteiger partial charge in [0.15, 0.2) is 0 Å². The van der Waals surface area contributed by atoms with Crippen molar-refractivity contribution in [3.8, 4) is 0 Å². The highest BCUT2D eigenvalue weighted by Gasteiger charge is 2.50. The van der Waals surface area contributed by atoms with E-state index < -0.39 is 8.32 Å². The Kier molecular flexibility index (Phi) is 4.53. The van der Waals surface area contributed by atoms with E-state index in [1.54, 1.807) is 0 Å². The Hall–Kier alpha value is -2.20. The molecular weight excluding hydrogens is 336 g/mol. The summed E-state index contributed by atoms with van der Waals surface area (Å²) < 4.78 is 12.7. The molecule has 0 N–H and O–H groups in total. The Bertz CT molecular complexity index is 750. The summed E-state index contributed by atoms with van der Waals surface area (Å²) in [5.41, 5.74) is -0.0792. The third-order valence-electron chi connectivity index (χ3n) is 5.16. The molecule has 3 heteroatoms. The van der Waals surface area contributed by atoms with Gasteiger partial charge in [-0.1, -0.05) is 91.0 Å². The van der Waals surface area contributed by atoms with Crippen molar-refractivity contribution in [3.05, 3.63) is 91.0 Å². The molecule has 1 atom stereocenters. The van der Waals surface area contributed by atoms with Crippen molar-refractivity contribution in [2.24, 2.45) is 0 Å². The Balaban J connectivity index is 1.85. The van der Waals surface area contributed by atoms with Crippen LogP contribution in [-0.4, -0.2) is 26.6 Å². The van der Waals surface area contributed by atoms with Crippen LogP contribution in [0.3, 0.4) is 0 Å². The first-order valence-corrected chi connectivity index (χ1v) is 11.0. The molecule has 1 unspecified atom stereocenters. The average Bonchev–Trinajstić information content (AvgIpc) is 3.31. The third kappa shape index (κ3) is 3.14. The standard InChI is InChI=1S/C23H24O2Si/c1-23(2)22(25-23)18-24-26(19-12-6-3-7-13-19,20-14-8-4-9-15-20)21-16-10-5-11-17-21/h3-17,22H,18H2,1-2H3. The van der Waals surface area contributed by atoms with E-state index in [-0.39, 0.29) is 11.7 Å². The van der Waals surface area contributed by atoms with Crippen LogP contribution in [-0.2, 0) is 9.16 Å². The smallest absolute Gasteiger partial charge is 0.288 e. The summed E-state index contributed by atoms with van der Waals surface area (Å²) in [7, 11) is -2.59. The summed E-state index contributed by atoms with van der Waals surface area (Å²) in [4.78, 5) is 0. The van der Waals surface area contributed by atoms with Crippen molar-refractivity contribution < 1.29 is 9.16 Å². The summed E-state index contributed by atoms with van der Waals surface area (Å²) in [6, 6.07) is 32.0. The van der Waals surface area contributed by atoms with Crippen LogP contribution in [0.1, 0.15) is 13.8 Å². The van der Waals surface area contributed by atoms with Gasteiger partial charge >= 0.3 is 0 Å². The van der Waals surface area contributed by atoms with Gasteiger partial charge in [-0.25, -0.2) is 0 Å². The maximum absolute atomic E-state index is 6.86. The van der Waals surface area contributed by atoms with Gasteiger partial charge in [0, 0.05) is 0 Å². The first-order valence-electron chi connectivity index (χ1n) is 9.11. The number of epoxide rings is 1. The average molecular weight is 361 g/mol. The molecule has 1 saturated heterocycles. The quantitative estimate of drug-likeness (QED) is 0.383. The molecular formula is C23H24O2Si. The monoisotopic (exact) mass is 360 g/mol. The zero-order valence-corrected chi connectivity index (χ0v) is 16.3. The van der Waals surface area contributed by atoms with Gasteiger partial charge in [0.05, 0.1) is 12.2 Å². The highest BCUT2D eigenvalue weighted by Crippen LogP contribution is 2.35. The second-order valence-corrected chi connectivity index (χ2v) is 10.7. The SMILES string of the molecule is CC1(C)OC1CO[Si](c1ccccc1)(c1ccccc1)c1ccccc1. The number of hydrogen-bond donors (Lipinski definition) is 0. The zero-order chi connectivity index (χ0) is 18.0. The van der Waals surface area contributed by atoms with Crippen molar-refractivity contribution in [2.45, 2.75) is 25.6 Å². The van der Waals surface area contributed by atoms with Gasteiger partial charge in [0.25, 0.3) is 8.32 Å². The van der Waals surface area contributed by atoms with Gasteiger partial charge in [-0.15, -0.1) is 0 Å². The molecule has 0 aliphatic carbocycles. The second-order valence-electron chi connectivity index (χ2n) is 7.30. The fraction of sp³-hybridized carbons (Fsp3) is 0.217. The van der Waals surface area contributed by atoms with E-state index >= 15 is 0 Å². The van der Waals surface area contributed by atoms with E-state index in [1.165, 1.54) is 15.6 Å². The minimum Gasteiger partial charge on any atom is -0.401 e. The van der Waals surface area contributed by atoms with Crippen molar-refractivity contribution in [2.75, 3.05) is 6.61 Å². The van der Waals surface area contributed by atoms with Crippen molar-refractivity contribution in [1.82, 2.24) is 0 Å². The number of hydrogen-bond acceptors (Lipinski definition) is 2. The van der Waals surface area contributed by atoms with Crippen LogP contribution in [0.15, 0.2) is 91.0 Å². The molecule has 0 amide bonds. The second kappa shape index (κ2) is 6.84.